The van der Waals surface area contributed by atoms with Gasteiger partial charge in [-0.15, -0.1) is 0 Å². The first-order valence-corrected chi connectivity index (χ1v) is 6.79. The van der Waals surface area contributed by atoms with Gasteiger partial charge in [-0.1, -0.05) is 20.8 Å². The molecule has 0 aromatic heterocycles. The van der Waals surface area contributed by atoms with Crippen molar-refractivity contribution in [2.24, 2.45) is 0 Å². The Balaban J connectivity index is 0. The Morgan fingerprint density at radius 1 is 0.929 bits per heavy atom. The molecule has 14 heavy (non-hydrogen) atoms. The van der Waals surface area contributed by atoms with Gasteiger partial charge >= 0.3 is 7.60 Å². The first-order valence-electron chi connectivity index (χ1n) is 5.06. The molecule has 5 heteroatoms. The molecule has 0 aliphatic heterocycles. The lowest BCUT2D eigenvalue weighted by Gasteiger charge is -2.16. The van der Waals surface area contributed by atoms with Gasteiger partial charge in [0.25, 0.3) is 0 Å². The van der Waals surface area contributed by atoms with E-state index in [1.807, 2.05) is 20.8 Å². The third-order valence-electron chi connectivity index (χ3n) is 1.48. The van der Waals surface area contributed by atoms with Crippen molar-refractivity contribution < 1.29 is 13.6 Å². The van der Waals surface area contributed by atoms with Crippen molar-refractivity contribution >= 4 is 7.60 Å². The summed E-state index contributed by atoms with van der Waals surface area (Å²) in [6.07, 6.45) is 3.13. The lowest BCUT2D eigenvalue weighted by Crippen LogP contribution is -2.01. The van der Waals surface area contributed by atoms with Gasteiger partial charge in [-0.3, -0.25) is 4.57 Å². The molecule has 4 nitrogen and oxygen atoms in total. The van der Waals surface area contributed by atoms with Crippen LogP contribution in [0.4, 0.5) is 0 Å². The first kappa shape index (κ1) is 16.5. The molecule has 0 aliphatic rings. The van der Waals surface area contributed by atoms with Crippen molar-refractivity contribution in [3.8, 4) is 0 Å². The van der Waals surface area contributed by atoms with E-state index in [4.69, 9.17) is 9.05 Å². The van der Waals surface area contributed by atoms with Crippen LogP contribution in [0.15, 0.2) is 0 Å². The lowest BCUT2D eigenvalue weighted by atomic mass is 10.5. The average molecular weight is 225 g/mol. The van der Waals surface area contributed by atoms with E-state index in [2.05, 4.69) is 0 Å². The van der Waals surface area contributed by atoms with E-state index >= 15 is 0 Å². The molecule has 0 amide bonds. The Morgan fingerprint density at radius 2 is 1.36 bits per heavy atom. The number of hydrogen-bond acceptors (Lipinski definition) is 4. The smallest absolute Gasteiger partial charge is 0.330 e. The third-order valence-corrected chi connectivity index (χ3v) is 3.63. The molecular formula is C9H24NO3P. The van der Waals surface area contributed by atoms with Crippen LogP contribution in [-0.2, 0) is 13.6 Å². The molecule has 0 spiro atoms. The fraction of sp³-hybridized carbons (Fsp3) is 1.00. The molecule has 0 saturated heterocycles. The van der Waals surface area contributed by atoms with Gasteiger partial charge in [-0.2, -0.15) is 0 Å². The largest absolute Gasteiger partial charge is 0.344 e. The highest BCUT2D eigenvalue weighted by Crippen LogP contribution is 2.48. The number of rotatable bonds is 8. The molecule has 0 radical (unpaired) electrons. The van der Waals surface area contributed by atoms with E-state index in [9.17, 15) is 4.57 Å². The van der Waals surface area contributed by atoms with Crippen LogP contribution in [-0.4, -0.2) is 19.4 Å². The van der Waals surface area contributed by atoms with Gasteiger partial charge in [0.05, 0.1) is 13.2 Å². The highest BCUT2D eigenvalue weighted by atomic mass is 31.2. The molecule has 0 aromatic rings. The minimum Gasteiger partial charge on any atom is -0.344 e. The van der Waals surface area contributed by atoms with Crippen LogP contribution >= 0.6 is 7.60 Å². The second kappa shape index (κ2) is 9.66. The molecule has 3 N–H and O–H groups in total. The van der Waals surface area contributed by atoms with Crippen LogP contribution in [0.3, 0.4) is 0 Å². The van der Waals surface area contributed by atoms with Crippen LogP contribution in [0.1, 0.15) is 40.0 Å². The molecular weight excluding hydrogens is 201 g/mol. The van der Waals surface area contributed by atoms with Crippen LogP contribution in [0.5, 0.6) is 0 Å². The van der Waals surface area contributed by atoms with Gasteiger partial charge in [0.15, 0.2) is 0 Å². The van der Waals surface area contributed by atoms with E-state index in [0.717, 1.165) is 19.3 Å². The highest BCUT2D eigenvalue weighted by Gasteiger charge is 2.22. The maximum Gasteiger partial charge on any atom is 0.330 e. The van der Waals surface area contributed by atoms with Crippen molar-refractivity contribution in [3.63, 3.8) is 0 Å². The van der Waals surface area contributed by atoms with Gasteiger partial charge in [-0.05, 0) is 19.3 Å². The molecule has 0 aromatic carbocycles. The zero-order valence-electron chi connectivity index (χ0n) is 9.62. The lowest BCUT2D eigenvalue weighted by molar-refractivity contribution is 0.204. The fourth-order valence-electron chi connectivity index (χ4n) is 0.901. The second-order valence-electron chi connectivity index (χ2n) is 3.00. The van der Waals surface area contributed by atoms with Crippen LogP contribution in [0.2, 0.25) is 0 Å². The van der Waals surface area contributed by atoms with E-state index < -0.39 is 7.60 Å². The number of hydrogen-bond donors (Lipinski definition) is 1. The monoisotopic (exact) mass is 225 g/mol. The molecule has 0 saturated carbocycles. The predicted molar refractivity (Wildman–Crippen MR) is 60.3 cm³/mol. The topological polar surface area (TPSA) is 70.5 Å². The molecule has 0 aliphatic carbocycles. The summed E-state index contributed by atoms with van der Waals surface area (Å²) in [6, 6.07) is 0. The van der Waals surface area contributed by atoms with Crippen molar-refractivity contribution in [1.82, 2.24) is 6.15 Å². The zero-order valence-corrected chi connectivity index (χ0v) is 10.5. The Hall–Kier alpha value is 0.110. The van der Waals surface area contributed by atoms with E-state index in [1.54, 1.807) is 0 Å². The SMILES string of the molecule is CCCOP(=O)(CCC)OCCC.N. The molecule has 0 fully saturated rings. The Bertz CT molecular complexity index is 152. The molecule has 0 rings (SSSR count). The summed E-state index contributed by atoms with van der Waals surface area (Å²) in [4.78, 5) is 0. The van der Waals surface area contributed by atoms with Crippen molar-refractivity contribution in [2.45, 2.75) is 40.0 Å². The van der Waals surface area contributed by atoms with Gasteiger partial charge in [0.1, 0.15) is 0 Å². The summed E-state index contributed by atoms with van der Waals surface area (Å²) >= 11 is 0. The second-order valence-corrected chi connectivity index (χ2v) is 5.19. The van der Waals surface area contributed by atoms with E-state index in [-0.39, 0.29) is 6.15 Å². The Kier molecular flexibility index (Phi) is 11.4. The normalized spacial score (nSPS) is 11.1. The van der Waals surface area contributed by atoms with Gasteiger partial charge < -0.3 is 15.2 Å². The van der Waals surface area contributed by atoms with Gasteiger partial charge in [0, 0.05) is 6.16 Å². The molecule has 0 atom stereocenters. The van der Waals surface area contributed by atoms with Crippen LogP contribution in [0.25, 0.3) is 0 Å². The van der Waals surface area contributed by atoms with Gasteiger partial charge in [0.2, 0.25) is 0 Å². The van der Waals surface area contributed by atoms with Crippen LogP contribution < -0.4 is 6.15 Å². The summed E-state index contributed by atoms with van der Waals surface area (Å²) in [6.45, 7) is 7.03. The standard InChI is InChI=1S/C9H21O3P.H3N/c1-4-7-11-13(10,9-6-3)12-8-5-2;/h4-9H2,1-3H3;1H3. The maximum atomic E-state index is 11.9. The summed E-state index contributed by atoms with van der Waals surface area (Å²) < 4.78 is 22.4. The zero-order chi connectivity index (χ0) is 10.2. The minimum absolute atomic E-state index is 0. The summed E-state index contributed by atoms with van der Waals surface area (Å²) in [7, 11) is -2.75. The van der Waals surface area contributed by atoms with Crippen molar-refractivity contribution in [3.05, 3.63) is 0 Å². The molecule has 0 heterocycles. The summed E-state index contributed by atoms with van der Waals surface area (Å²) in [5, 5.41) is 0. The maximum absolute atomic E-state index is 11.9. The van der Waals surface area contributed by atoms with Crippen LogP contribution in [0, 0.1) is 0 Å². The van der Waals surface area contributed by atoms with Crippen molar-refractivity contribution in [2.75, 3.05) is 19.4 Å². The quantitative estimate of drug-likeness (QED) is 0.640. The molecule has 0 bridgehead atoms. The van der Waals surface area contributed by atoms with E-state index in [0.29, 0.717) is 19.4 Å². The Morgan fingerprint density at radius 3 is 1.64 bits per heavy atom. The third kappa shape index (κ3) is 7.51. The Labute approximate surface area is 87.5 Å². The van der Waals surface area contributed by atoms with Gasteiger partial charge in [-0.25, -0.2) is 0 Å². The highest BCUT2D eigenvalue weighted by molar-refractivity contribution is 7.53. The average Bonchev–Trinajstić information content (AvgIpc) is 2.12. The predicted octanol–water partition coefficient (Wildman–Crippen LogP) is 3.60. The molecule has 88 valence electrons. The fourth-order valence-corrected chi connectivity index (χ4v) is 2.70. The van der Waals surface area contributed by atoms with Crippen molar-refractivity contribution in [1.29, 1.82) is 0 Å². The molecule has 0 unspecified atom stereocenters. The first-order chi connectivity index (χ1) is 6.18. The summed E-state index contributed by atoms with van der Waals surface area (Å²) in [5.41, 5.74) is 0. The van der Waals surface area contributed by atoms with E-state index in [1.165, 1.54) is 0 Å². The summed E-state index contributed by atoms with van der Waals surface area (Å²) in [5.74, 6) is 0. The minimum atomic E-state index is -2.75.